The van der Waals surface area contributed by atoms with E-state index in [1.165, 1.54) is 0 Å². The summed E-state index contributed by atoms with van der Waals surface area (Å²) in [5.41, 5.74) is 2.60. The fourth-order valence-electron chi connectivity index (χ4n) is 2.12. The summed E-state index contributed by atoms with van der Waals surface area (Å²) >= 11 is 0. The molecule has 1 atom stereocenters. The molecule has 2 heterocycles. The Morgan fingerprint density at radius 1 is 1.40 bits per heavy atom. The lowest BCUT2D eigenvalue weighted by Gasteiger charge is -2.16. The molecular weight excluding hydrogens is 254 g/mol. The van der Waals surface area contributed by atoms with Gasteiger partial charge in [0.15, 0.2) is 0 Å². The molecule has 7 heteroatoms. The molecule has 0 radical (unpaired) electrons. The van der Waals surface area contributed by atoms with E-state index in [9.17, 15) is 0 Å². The Morgan fingerprint density at radius 3 is 2.85 bits per heavy atom. The molecule has 1 saturated carbocycles. The molecule has 0 aromatic carbocycles. The second-order valence-corrected chi connectivity index (χ2v) is 5.19. The molecule has 3 rings (SSSR count). The fourth-order valence-corrected chi connectivity index (χ4v) is 2.12. The molecule has 0 aliphatic heterocycles. The molecule has 0 bridgehead atoms. The lowest BCUT2D eigenvalue weighted by Crippen LogP contribution is -2.23. The smallest absolute Gasteiger partial charge is 0.145 e. The molecule has 1 unspecified atom stereocenters. The highest BCUT2D eigenvalue weighted by molar-refractivity contribution is 5.48. The number of anilines is 2. The Balaban J connectivity index is 1.70. The van der Waals surface area contributed by atoms with Crippen LogP contribution < -0.4 is 16.6 Å². The second-order valence-electron chi connectivity index (χ2n) is 5.19. The zero-order valence-electron chi connectivity index (χ0n) is 11.5. The quantitative estimate of drug-likeness (QED) is 0.543. The highest BCUT2D eigenvalue weighted by atomic mass is 15.3. The molecule has 4 N–H and O–H groups in total. The summed E-state index contributed by atoms with van der Waals surface area (Å²) < 4.78 is 1.89. The third kappa shape index (κ3) is 3.05. The molecule has 1 aliphatic rings. The molecule has 7 nitrogen and oxygen atoms in total. The van der Waals surface area contributed by atoms with Crippen molar-refractivity contribution in [2.45, 2.75) is 38.3 Å². The van der Waals surface area contributed by atoms with Crippen LogP contribution in [0, 0.1) is 0 Å². The summed E-state index contributed by atoms with van der Waals surface area (Å²) in [5, 5.41) is 7.57. The third-order valence-corrected chi connectivity index (χ3v) is 3.25. The van der Waals surface area contributed by atoms with Crippen molar-refractivity contribution in [2.75, 3.05) is 10.7 Å². The van der Waals surface area contributed by atoms with Gasteiger partial charge >= 0.3 is 0 Å². The molecule has 106 valence electrons. The van der Waals surface area contributed by atoms with Crippen molar-refractivity contribution in [3.63, 3.8) is 0 Å². The van der Waals surface area contributed by atoms with Crippen molar-refractivity contribution in [1.29, 1.82) is 0 Å². The summed E-state index contributed by atoms with van der Waals surface area (Å²) in [4.78, 5) is 8.96. The van der Waals surface area contributed by atoms with E-state index in [4.69, 9.17) is 5.84 Å². The molecule has 1 aliphatic carbocycles. The summed E-state index contributed by atoms with van der Waals surface area (Å²) in [6, 6.07) is 3.95. The van der Waals surface area contributed by atoms with E-state index >= 15 is 0 Å². The Hall–Kier alpha value is -2.15. The Labute approximate surface area is 117 Å². The highest BCUT2D eigenvalue weighted by Gasteiger charge is 2.27. The molecular formula is C13H19N7. The second kappa shape index (κ2) is 5.46. The average molecular weight is 273 g/mol. The molecule has 0 saturated heterocycles. The minimum Gasteiger partial charge on any atom is -0.366 e. The van der Waals surface area contributed by atoms with Crippen LogP contribution in [0.3, 0.4) is 0 Å². The van der Waals surface area contributed by atoms with E-state index in [0.717, 1.165) is 31.0 Å². The Bertz CT molecular complexity index is 562. The van der Waals surface area contributed by atoms with Gasteiger partial charge in [-0.15, -0.1) is 0 Å². The number of hydrogen-bond acceptors (Lipinski definition) is 6. The van der Waals surface area contributed by atoms with Crippen molar-refractivity contribution in [1.82, 2.24) is 19.7 Å². The zero-order valence-corrected chi connectivity index (χ0v) is 11.5. The summed E-state index contributed by atoms with van der Waals surface area (Å²) in [5.74, 6) is 8.28. The standard InChI is InChI=1S/C13H19N7/c1-9(8-20-6-2-5-15-20)16-11-7-12(19-14)18-13(17-11)10-3-4-10/h2,5-7,9-10H,3-4,8,14H2,1H3,(H2,16,17,18,19). The molecule has 2 aromatic heterocycles. The van der Waals surface area contributed by atoms with E-state index in [1.807, 2.05) is 23.0 Å². The maximum absolute atomic E-state index is 5.47. The number of aromatic nitrogens is 4. The van der Waals surface area contributed by atoms with Gasteiger partial charge in [-0.2, -0.15) is 5.10 Å². The fraction of sp³-hybridized carbons (Fsp3) is 0.462. The minimum atomic E-state index is 0.211. The van der Waals surface area contributed by atoms with E-state index in [0.29, 0.717) is 11.7 Å². The highest BCUT2D eigenvalue weighted by Crippen LogP contribution is 2.38. The largest absolute Gasteiger partial charge is 0.366 e. The first kappa shape index (κ1) is 12.9. The van der Waals surface area contributed by atoms with Crippen LogP contribution in [0.1, 0.15) is 31.5 Å². The predicted octanol–water partition coefficient (Wildman–Crippen LogP) is 1.34. The first-order chi connectivity index (χ1) is 9.74. The number of nitrogens with zero attached hydrogens (tertiary/aromatic N) is 4. The number of nitrogens with one attached hydrogen (secondary N) is 2. The SMILES string of the molecule is CC(Cn1cccn1)Nc1cc(NN)nc(C2CC2)n1. The van der Waals surface area contributed by atoms with Crippen molar-refractivity contribution in [3.8, 4) is 0 Å². The molecule has 2 aromatic rings. The zero-order chi connectivity index (χ0) is 13.9. The van der Waals surface area contributed by atoms with Crippen LogP contribution in [-0.2, 0) is 6.54 Å². The van der Waals surface area contributed by atoms with Gasteiger partial charge in [0.2, 0.25) is 0 Å². The third-order valence-electron chi connectivity index (χ3n) is 3.25. The van der Waals surface area contributed by atoms with E-state index in [-0.39, 0.29) is 6.04 Å². The number of hydrogen-bond donors (Lipinski definition) is 3. The first-order valence-corrected chi connectivity index (χ1v) is 6.84. The topological polar surface area (TPSA) is 93.7 Å². The van der Waals surface area contributed by atoms with Crippen molar-refractivity contribution in [2.24, 2.45) is 5.84 Å². The lowest BCUT2D eigenvalue weighted by molar-refractivity contribution is 0.559. The maximum Gasteiger partial charge on any atom is 0.145 e. The summed E-state index contributed by atoms with van der Waals surface area (Å²) in [7, 11) is 0. The van der Waals surface area contributed by atoms with Crippen LogP contribution in [-0.4, -0.2) is 25.8 Å². The monoisotopic (exact) mass is 273 g/mol. The average Bonchev–Trinajstić information content (AvgIpc) is 3.17. The molecule has 1 fully saturated rings. The molecule has 0 amide bonds. The number of nitrogen functional groups attached to an aromatic ring is 1. The van der Waals surface area contributed by atoms with Crippen LogP contribution in [0.5, 0.6) is 0 Å². The Morgan fingerprint density at radius 2 is 2.20 bits per heavy atom. The van der Waals surface area contributed by atoms with Gasteiger partial charge in [-0.25, -0.2) is 15.8 Å². The van der Waals surface area contributed by atoms with Gasteiger partial charge in [0.05, 0.1) is 6.54 Å². The number of hydrazine groups is 1. The van der Waals surface area contributed by atoms with E-state index < -0.39 is 0 Å². The maximum atomic E-state index is 5.47. The van der Waals surface area contributed by atoms with Crippen LogP contribution in [0.2, 0.25) is 0 Å². The predicted molar refractivity (Wildman–Crippen MR) is 77.1 cm³/mol. The van der Waals surface area contributed by atoms with Crippen molar-refractivity contribution < 1.29 is 0 Å². The number of nitrogens with two attached hydrogens (primary N) is 1. The van der Waals surface area contributed by atoms with Crippen molar-refractivity contribution >= 4 is 11.6 Å². The van der Waals surface area contributed by atoms with Gasteiger partial charge in [-0.3, -0.25) is 4.68 Å². The van der Waals surface area contributed by atoms with Gasteiger partial charge in [0.25, 0.3) is 0 Å². The summed E-state index contributed by atoms with van der Waals surface area (Å²) in [6.45, 7) is 2.87. The summed E-state index contributed by atoms with van der Waals surface area (Å²) in [6.07, 6.45) is 6.05. The molecule has 20 heavy (non-hydrogen) atoms. The van der Waals surface area contributed by atoms with Crippen LogP contribution in [0.15, 0.2) is 24.5 Å². The lowest BCUT2D eigenvalue weighted by atomic mass is 10.3. The van der Waals surface area contributed by atoms with Gasteiger partial charge in [0, 0.05) is 30.4 Å². The van der Waals surface area contributed by atoms with Gasteiger partial charge < -0.3 is 10.7 Å². The van der Waals surface area contributed by atoms with Gasteiger partial charge in [-0.05, 0) is 25.8 Å². The van der Waals surface area contributed by atoms with Crippen LogP contribution in [0.4, 0.5) is 11.6 Å². The minimum absolute atomic E-state index is 0.211. The first-order valence-electron chi connectivity index (χ1n) is 6.84. The van der Waals surface area contributed by atoms with E-state index in [2.05, 4.69) is 32.7 Å². The Kier molecular flexibility index (Phi) is 3.51. The normalized spacial score (nSPS) is 15.9. The van der Waals surface area contributed by atoms with Gasteiger partial charge in [-0.1, -0.05) is 0 Å². The molecule has 0 spiro atoms. The van der Waals surface area contributed by atoms with Crippen molar-refractivity contribution in [3.05, 3.63) is 30.4 Å². The number of rotatable bonds is 6. The van der Waals surface area contributed by atoms with Crippen LogP contribution in [0.25, 0.3) is 0 Å². The van der Waals surface area contributed by atoms with Gasteiger partial charge in [0.1, 0.15) is 17.5 Å². The van der Waals surface area contributed by atoms with Crippen LogP contribution >= 0.6 is 0 Å². The van der Waals surface area contributed by atoms with E-state index in [1.54, 1.807) is 6.20 Å².